The monoisotopic (exact) mass is 319 g/mol. The van der Waals surface area contributed by atoms with Gasteiger partial charge in [0.1, 0.15) is 11.3 Å². The van der Waals surface area contributed by atoms with Gasteiger partial charge >= 0.3 is 0 Å². The Morgan fingerprint density at radius 2 is 1.70 bits per heavy atom. The summed E-state index contributed by atoms with van der Waals surface area (Å²) in [6.07, 6.45) is 0. The third-order valence-electron chi connectivity index (χ3n) is 3.89. The van der Waals surface area contributed by atoms with Crippen LogP contribution in [0.2, 0.25) is 0 Å². The SMILES string of the molecule is COc1ccc(-c2nc(=S)oc3c2ccc2ccccc23)cc1. The van der Waals surface area contributed by atoms with Crippen LogP contribution in [0.3, 0.4) is 0 Å². The minimum Gasteiger partial charge on any atom is -0.497 e. The molecule has 0 unspecified atom stereocenters. The normalized spacial score (nSPS) is 11.0. The highest BCUT2D eigenvalue weighted by Crippen LogP contribution is 2.32. The lowest BCUT2D eigenvalue weighted by Crippen LogP contribution is -1.89. The van der Waals surface area contributed by atoms with E-state index in [0.717, 1.165) is 38.7 Å². The lowest BCUT2D eigenvalue weighted by molar-refractivity contribution is 0.415. The van der Waals surface area contributed by atoms with Crippen molar-refractivity contribution < 1.29 is 9.15 Å². The molecule has 0 bridgehead atoms. The molecule has 0 saturated heterocycles. The smallest absolute Gasteiger partial charge is 0.289 e. The Morgan fingerprint density at radius 3 is 2.48 bits per heavy atom. The predicted octanol–water partition coefficient (Wildman–Crippen LogP) is 5.39. The number of ether oxygens (including phenoxy) is 1. The van der Waals surface area contributed by atoms with Crippen LogP contribution in [-0.2, 0) is 0 Å². The molecule has 4 rings (SSSR count). The van der Waals surface area contributed by atoms with Gasteiger partial charge in [0.15, 0.2) is 0 Å². The lowest BCUT2D eigenvalue weighted by Gasteiger charge is -2.08. The number of hydrogen-bond acceptors (Lipinski definition) is 4. The van der Waals surface area contributed by atoms with E-state index >= 15 is 0 Å². The first kappa shape index (κ1) is 13.9. The Morgan fingerprint density at radius 1 is 0.913 bits per heavy atom. The van der Waals surface area contributed by atoms with Gasteiger partial charge in [-0.1, -0.05) is 30.3 Å². The van der Waals surface area contributed by atoms with Crippen molar-refractivity contribution in [3.8, 4) is 17.0 Å². The molecule has 112 valence electrons. The van der Waals surface area contributed by atoms with Crippen molar-refractivity contribution in [3.05, 3.63) is 65.5 Å². The van der Waals surface area contributed by atoms with Gasteiger partial charge in [-0.25, -0.2) is 4.98 Å². The van der Waals surface area contributed by atoms with Gasteiger partial charge in [-0.15, -0.1) is 0 Å². The lowest BCUT2D eigenvalue weighted by atomic mass is 10.0. The van der Waals surface area contributed by atoms with Crippen molar-refractivity contribution in [1.82, 2.24) is 4.98 Å². The Labute approximate surface area is 138 Å². The Bertz CT molecular complexity index is 1070. The molecule has 0 saturated carbocycles. The average Bonchev–Trinajstić information content (AvgIpc) is 2.61. The first-order valence-corrected chi connectivity index (χ1v) is 7.64. The summed E-state index contributed by atoms with van der Waals surface area (Å²) in [4.78, 5) is 4.68. The van der Waals surface area contributed by atoms with Crippen molar-refractivity contribution in [2.45, 2.75) is 0 Å². The van der Waals surface area contributed by atoms with Crippen LogP contribution in [0.15, 0.2) is 65.1 Å². The summed E-state index contributed by atoms with van der Waals surface area (Å²) in [5, 5.41) is 3.10. The Kier molecular flexibility index (Phi) is 3.32. The topological polar surface area (TPSA) is 35.3 Å². The van der Waals surface area contributed by atoms with Crippen LogP contribution in [0, 0.1) is 4.84 Å². The predicted molar refractivity (Wildman–Crippen MR) is 94.3 cm³/mol. The Hall–Kier alpha value is -2.72. The number of hydrogen-bond donors (Lipinski definition) is 0. The summed E-state index contributed by atoms with van der Waals surface area (Å²) < 4.78 is 11.0. The van der Waals surface area contributed by atoms with E-state index in [0.29, 0.717) is 0 Å². The van der Waals surface area contributed by atoms with Gasteiger partial charge < -0.3 is 9.15 Å². The van der Waals surface area contributed by atoms with Crippen LogP contribution >= 0.6 is 12.2 Å². The molecule has 0 aliphatic heterocycles. The third-order valence-corrected chi connectivity index (χ3v) is 4.07. The molecule has 0 aliphatic rings. The van der Waals surface area contributed by atoms with Gasteiger partial charge in [0.2, 0.25) is 0 Å². The van der Waals surface area contributed by atoms with Crippen LogP contribution in [0.4, 0.5) is 0 Å². The molecule has 0 spiro atoms. The van der Waals surface area contributed by atoms with E-state index in [-0.39, 0.29) is 4.84 Å². The van der Waals surface area contributed by atoms with E-state index in [1.807, 2.05) is 48.5 Å². The van der Waals surface area contributed by atoms with Crippen molar-refractivity contribution >= 4 is 34.0 Å². The highest BCUT2D eigenvalue weighted by atomic mass is 32.1. The fraction of sp³-hybridized carbons (Fsp3) is 0.0526. The number of aromatic nitrogens is 1. The molecule has 4 aromatic rings. The summed E-state index contributed by atoms with van der Waals surface area (Å²) >= 11 is 5.24. The maximum absolute atomic E-state index is 5.76. The van der Waals surface area contributed by atoms with E-state index in [4.69, 9.17) is 21.4 Å². The molecule has 1 aromatic heterocycles. The summed E-state index contributed by atoms with van der Waals surface area (Å²) in [5.41, 5.74) is 2.58. The summed E-state index contributed by atoms with van der Waals surface area (Å²) in [5.74, 6) is 0.808. The van der Waals surface area contributed by atoms with Gasteiger partial charge in [0.05, 0.1) is 12.8 Å². The van der Waals surface area contributed by atoms with E-state index in [1.165, 1.54) is 0 Å². The molecule has 23 heavy (non-hydrogen) atoms. The van der Waals surface area contributed by atoms with Gasteiger partial charge in [-0.3, -0.25) is 0 Å². The standard InChI is InChI=1S/C19H13NO2S/c1-21-14-9-6-13(7-10-14)17-16-11-8-12-4-2-3-5-15(12)18(16)22-19(23)20-17/h2-11H,1H3. The third kappa shape index (κ3) is 2.37. The fourth-order valence-electron chi connectivity index (χ4n) is 2.77. The molecule has 0 fully saturated rings. The van der Waals surface area contributed by atoms with E-state index in [2.05, 4.69) is 17.1 Å². The van der Waals surface area contributed by atoms with Gasteiger partial charge in [-0.2, -0.15) is 0 Å². The van der Waals surface area contributed by atoms with Crippen LogP contribution in [0.25, 0.3) is 33.0 Å². The first-order valence-electron chi connectivity index (χ1n) is 7.23. The number of benzene rings is 3. The van der Waals surface area contributed by atoms with Crippen molar-refractivity contribution in [1.29, 1.82) is 0 Å². The quantitative estimate of drug-likeness (QED) is 0.367. The highest BCUT2D eigenvalue weighted by Gasteiger charge is 2.11. The zero-order chi connectivity index (χ0) is 15.8. The number of fused-ring (bicyclic) bond motifs is 3. The van der Waals surface area contributed by atoms with E-state index < -0.39 is 0 Å². The molecule has 1 heterocycles. The second-order valence-corrected chi connectivity index (χ2v) is 5.57. The number of methoxy groups -OCH3 is 1. The largest absolute Gasteiger partial charge is 0.497 e. The molecule has 0 N–H and O–H groups in total. The van der Waals surface area contributed by atoms with Crippen LogP contribution < -0.4 is 4.74 Å². The van der Waals surface area contributed by atoms with Crippen LogP contribution in [0.5, 0.6) is 5.75 Å². The second kappa shape index (κ2) is 5.48. The number of nitrogens with zero attached hydrogens (tertiary/aromatic N) is 1. The van der Waals surface area contributed by atoms with Crippen molar-refractivity contribution in [3.63, 3.8) is 0 Å². The molecular weight excluding hydrogens is 306 g/mol. The molecule has 3 nitrogen and oxygen atoms in total. The minimum absolute atomic E-state index is 0.236. The maximum atomic E-state index is 5.76. The first-order chi connectivity index (χ1) is 11.3. The van der Waals surface area contributed by atoms with Gasteiger partial charge in [-0.05, 0) is 47.9 Å². The summed E-state index contributed by atoms with van der Waals surface area (Å²) in [6.45, 7) is 0. The molecule has 4 heteroatoms. The average molecular weight is 319 g/mol. The molecule has 0 aliphatic carbocycles. The molecule has 3 aromatic carbocycles. The Balaban J connectivity index is 2.06. The fourth-order valence-corrected chi connectivity index (χ4v) is 2.94. The van der Waals surface area contributed by atoms with Crippen LogP contribution in [-0.4, -0.2) is 12.1 Å². The maximum Gasteiger partial charge on any atom is 0.289 e. The molecule has 0 radical (unpaired) electrons. The van der Waals surface area contributed by atoms with Crippen molar-refractivity contribution in [2.24, 2.45) is 0 Å². The summed E-state index contributed by atoms with van der Waals surface area (Å²) in [6, 6.07) is 20.0. The van der Waals surface area contributed by atoms with Gasteiger partial charge in [0.25, 0.3) is 4.84 Å². The van der Waals surface area contributed by atoms with E-state index in [1.54, 1.807) is 7.11 Å². The van der Waals surface area contributed by atoms with Gasteiger partial charge in [0, 0.05) is 16.3 Å². The number of rotatable bonds is 2. The minimum atomic E-state index is 0.236. The molecule has 0 amide bonds. The zero-order valence-corrected chi connectivity index (χ0v) is 13.3. The van der Waals surface area contributed by atoms with Crippen molar-refractivity contribution in [2.75, 3.05) is 7.11 Å². The molecular formula is C19H13NO2S. The van der Waals surface area contributed by atoms with E-state index in [9.17, 15) is 0 Å². The zero-order valence-electron chi connectivity index (χ0n) is 12.4. The molecule has 0 atom stereocenters. The van der Waals surface area contributed by atoms with Crippen LogP contribution in [0.1, 0.15) is 0 Å². The highest BCUT2D eigenvalue weighted by molar-refractivity contribution is 7.71. The second-order valence-electron chi connectivity index (χ2n) is 5.22. The summed E-state index contributed by atoms with van der Waals surface area (Å²) in [7, 11) is 1.65.